The van der Waals surface area contributed by atoms with Gasteiger partial charge < -0.3 is 10.6 Å². The molecule has 10 heteroatoms. The fourth-order valence-corrected chi connectivity index (χ4v) is 3.51. The van der Waals surface area contributed by atoms with Crippen LogP contribution in [-0.4, -0.2) is 29.3 Å². The zero-order chi connectivity index (χ0) is 19.1. The Morgan fingerprint density at radius 3 is 2.86 bits per heavy atom. The van der Waals surface area contributed by atoms with Crippen LogP contribution in [0.5, 0.6) is 0 Å². The summed E-state index contributed by atoms with van der Waals surface area (Å²) in [4.78, 5) is 22.8. The number of fused-ring (bicyclic) bond motifs is 2. The van der Waals surface area contributed by atoms with Crippen LogP contribution >= 0.6 is 11.5 Å². The summed E-state index contributed by atoms with van der Waals surface area (Å²) in [5.41, 5.74) is 5.81. The second-order valence-electron chi connectivity index (χ2n) is 6.43. The first-order valence-corrected chi connectivity index (χ1v) is 9.51. The maximum Gasteiger partial charge on any atom is 0.391 e. The molecule has 4 aromatic heterocycles. The maximum absolute atomic E-state index is 4.63. The summed E-state index contributed by atoms with van der Waals surface area (Å²) in [5.74, 6) is 1.24. The van der Waals surface area contributed by atoms with Crippen LogP contribution in [0.3, 0.4) is 0 Å². The smallest absolute Gasteiger partial charge is 0.354 e. The lowest BCUT2D eigenvalue weighted by atomic mass is 10.2. The maximum atomic E-state index is 4.63. The number of hydrogen-bond donors (Lipinski definition) is 2. The lowest BCUT2D eigenvalue weighted by Crippen LogP contribution is -2.38. The number of anilines is 2. The van der Waals surface area contributed by atoms with E-state index >= 15 is 0 Å². The Balaban J connectivity index is 1.53. The van der Waals surface area contributed by atoms with Crippen LogP contribution in [0.4, 0.5) is 11.5 Å². The largest absolute Gasteiger partial charge is 0.391 e. The standard InChI is InChI=1S/C18H15N9S/c1-10-6-19-14-8-21-18(25-16(14)23-10)27-9-22-17-15(11(27)2)20-7-13(24-17)5-12-3-4-28-26-12/h3-4,6-9,20H,5H2,1-2H3/p+1. The van der Waals surface area contributed by atoms with Crippen molar-refractivity contribution in [3.8, 4) is 5.95 Å². The van der Waals surface area contributed by atoms with Crippen LogP contribution in [0.15, 0.2) is 42.1 Å². The first-order chi connectivity index (χ1) is 13.7. The highest BCUT2D eigenvalue weighted by atomic mass is 32.1. The molecule has 9 nitrogen and oxygen atoms in total. The second kappa shape index (κ2) is 6.57. The molecule has 0 unspecified atom stereocenters. The zero-order valence-electron chi connectivity index (χ0n) is 15.2. The van der Waals surface area contributed by atoms with Gasteiger partial charge in [-0.15, -0.1) is 9.97 Å². The van der Waals surface area contributed by atoms with Crippen molar-refractivity contribution in [3.05, 3.63) is 59.1 Å². The summed E-state index contributed by atoms with van der Waals surface area (Å²) in [6, 6.07) is 1.99. The molecule has 1 aliphatic rings. The zero-order valence-corrected chi connectivity index (χ0v) is 16.0. The van der Waals surface area contributed by atoms with Crippen molar-refractivity contribution in [3.63, 3.8) is 0 Å². The summed E-state index contributed by atoms with van der Waals surface area (Å²) in [6.07, 6.45) is 7.71. The predicted molar refractivity (Wildman–Crippen MR) is 105 cm³/mol. The third kappa shape index (κ3) is 2.93. The normalized spacial score (nSPS) is 12.9. The molecule has 28 heavy (non-hydrogen) atoms. The van der Waals surface area contributed by atoms with Gasteiger partial charge in [0.15, 0.2) is 5.52 Å². The van der Waals surface area contributed by atoms with Crippen LogP contribution in [0.25, 0.3) is 17.1 Å². The molecule has 0 aromatic carbocycles. The third-order valence-electron chi connectivity index (χ3n) is 4.41. The molecule has 138 valence electrons. The fourth-order valence-electron chi connectivity index (χ4n) is 2.97. The summed E-state index contributed by atoms with van der Waals surface area (Å²) in [5, 5.41) is 8.35. The van der Waals surface area contributed by atoms with Gasteiger partial charge in [0.25, 0.3) is 0 Å². The van der Waals surface area contributed by atoms with Gasteiger partial charge in [-0.05, 0) is 31.4 Å². The number of nitrogens with one attached hydrogen (secondary N) is 2. The number of aryl methyl sites for hydroxylation is 1. The molecule has 0 amide bonds. The Hall–Kier alpha value is -3.53. The molecule has 0 saturated carbocycles. The molecule has 5 rings (SSSR count). The van der Waals surface area contributed by atoms with Crippen LogP contribution < -0.4 is 15.2 Å². The van der Waals surface area contributed by atoms with Gasteiger partial charge in [0, 0.05) is 29.9 Å². The minimum absolute atomic E-state index is 0.517. The van der Waals surface area contributed by atoms with Crippen LogP contribution in [0.2, 0.25) is 0 Å². The predicted octanol–water partition coefficient (Wildman–Crippen LogP) is 2.15. The number of allylic oxidation sites excluding steroid dienone is 1. The van der Waals surface area contributed by atoms with Gasteiger partial charge in [0.1, 0.15) is 11.9 Å². The SMILES string of the molecule is CC1=CNc2cnc(-[n+]3cnc4nc(Cc5ccsn5)cnc4c3C)nc2N1. The summed E-state index contributed by atoms with van der Waals surface area (Å²) in [6.45, 7) is 3.92. The fraction of sp³-hybridized carbons (Fsp3) is 0.167. The van der Waals surface area contributed by atoms with Crippen molar-refractivity contribution in [1.82, 2.24) is 29.3 Å². The highest BCUT2D eigenvalue weighted by Gasteiger charge is 2.21. The molecule has 0 radical (unpaired) electrons. The number of nitrogens with zero attached hydrogens (tertiary/aromatic N) is 7. The van der Waals surface area contributed by atoms with E-state index < -0.39 is 0 Å². The minimum Gasteiger partial charge on any atom is -0.354 e. The van der Waals surface area contributed by atoms with Crippen LogP contribution in [0, 0.1) is 6.92 Å². The average Bonchev–Trinajstić information content (AvgIpc) is 3.21. The Kier molecular flexibility index (Phi) is 3.90. The molecule has 1 aliphatic heterocycles. The Morgan fingerprint density at radius 2 is 2.00 bits per heavy atom. The molecule has 0 fully saturated rings. The summed E-state index contributed by atoms with van der Waals surface area (Å²) >= 11 is 1.43. The summed E-state index contributed by atoms with van der Waals surface area (Å²) < 4.78 is 6.13. The third-order valence-corrected chi connectivity index (χ3v) is 5.01. The Labute approximate surface area is 164 Å². The van der Waals surface area contributed by atoms with Crippen molar-refractivity contribution in [1.29, 1.82) is 0 Å². The molecule has 0 saturated heterocycles. The number of aromatic nitrogens is 7. The number of hydrogen-bond acceptors (Lipinski definition) is 9. The van der Waals surface area contributed by atoms with Crippen molar-refractivity contribution in [2.75, 3.05) is 10.6 Å². The van der Waals surface area contributed by atoms with E-state index in [-0.39, 0.29) is 0 Å². The van der Waals surface area contributed by atoms with Crippen molar-refractivity contribution < 1.29 is 4.57 Å². The molecule has 0 atom stereocenters. The lowest BCUT2D eigenvalue weighted by molar-refractivity contribution is -0.612. The van der Waals surface area contributed by atoms with Gasteiger partial charge in [-0.25, -0.2) is 9.97 Å². The highest BCUT2D eigenvalue weighted by molar-refractivity contribution is 7.03. The van der Waals surface area contributed by atoms with Gasteiger partial charge in [-0.1, -0.05) is 4.98 Å². The van der Waals surface area contributed by atoms with Gasteiger partial charge in [0.05, 0.1) is 17.1 Å². The van der Waals surface area contributed by atoms with Gasteiger partial charge in [-0.3, -0.25) is 0 Å². The van der Waals surface area contributed by atoms with E-state index in [4.69, 9.17) is 0 Å². The van der Waals surface area contributed by atoms with E-state index in [0.29, 0.717) is 23.5 Å². The Morgan fingerprint density at radius 1 is 1.07 bits per heavy atom. The van der Waals surface area contributed by atoms with E-state index in [1.54, 1.807) is 18.7 Å². The molecule has 0 bridgehead atoms. The molecular weight excluding hydrogens is 374 g/mol. The quantitative estimate of drug-likeness (QED) is 0.513. The molecule has 0 spiro atoms. The monoisotopic (exact) mass is 390 g/mol. The van der Waals surface area contributed by atoms with E-state index in [2.05, 4.69) is 39.9 Å². The van der Waals surface area contributed by atoms with E-state index in [0.717, 1.165) is 34.3 Å². The summed E-state index contributed by atoms with van der Waals surface area (Å²) in [7, 11) is 0. The molecule has 5 heterocycles. The van der Waals surface area contributed by atoms with E-state index in [1.165, 1.54) is 11.5 Å². The van der Waals surface area contributed by atoms with E-state index in [1.807, 2.05) is 36.1 Å². The minimum atomic E-state index is 0.517. The first-order valence-electron chi connectivity index (χ1n) is 8.67. The van der Waals surface area contributed by atoms with Crippen molar-refractivity contribution >= 4 is 34.2 Å². The van der Waals surface area contributed by atoms with Crippen molar-refractivity contribution in [2.24, 2.45) is 0 Å². The molecular formula is C18H16N9S+. The van der Waals surface area contributed by atoms with Gasteiger partial charge >= 0.3 is 5.95 Å². The molecule has 0 aliphatic carbocycles. The number of rotatable bonds is 3. The Bertz CT molecular complexity index is 1220. The second-order valence-corrected chi connectivity index (χ2v) is 7.10. The first kappa shape index (κ1) is 16.6. The van der Waals surface area contributed by atoms with Gasteiger partial charge in [0.2, 0.25) is 17.8 Å². The van der Waals surface area contributed by atoms with E-state index in [9.17, 15) is 0 Å². The lowest BCUT2D eigenvalue weighted by Gasteiger charge is -2.14. The van der Waals surface area contributed by atoms with Crippen LogP contribution in [0.1, 0.15) is 24.0 Å². The van der Waals surface area contributed by atoms with Crippen LogP contribution in [-0.2, 0) is 6.42 Å². The van der Waals surface area contributed by atoms with Crippen molar-refractivity contribution in [2.45, 2.75) is 20.3 Å². The highest BCUT2D eigenvalue weighted by Crippen LogP contribution is 2.23. The average molecular weight is 390 g/mol. The van der Waals surface area contributed by atoms with Gasteiger partial charge in [-0.2, -0.15) is 8.94 Å². The topological polar surface area (TPSA) is 105 Å². The molecule has 4 aromatic rings. The molecule has 2 N–H and O–H groups in total.